The molecule has 0 aliphatic rings. The van der Waals surface area contributed by atoms with Crippen molar-refractivity contribution >= 4 is 23.6 Å². The predicted molar refractivity (Wildman–Crippen MR) is 33.4 cm³/mol. The summed E-state index contributed by atoms with van der Waals surface area (Å²) in [6.07, 6.45) is 0. The number of rotatable bonds is 2. The first-order valence-electron chi connectivity index (χ1n) is 2.10. The van der Waals surface area contributed by atoms with Crippen molar-refractivity contribution in [2.75, 3.05) is 0 Å². The Morgan fingerprint density at radius 2 is 2.62 bits per heavy atom. The second kappa shape index (κ2) is 2.86. The third kappa shape index (κ3) is 1.33. The molecule has 8 heavy (non-hydrogen) atoms. The summed E-state index contributed by atoms with van der Waals surface area (Å²) in [5, 5.41) is 9.80. The summed E-state index contributed by atoms with van der Waals surface area (Å²) in [5.41, 5.74) is 0. The maximum atomic E-state index is 7.89. The number of hydrogen-bond acceptors (Lipinski definition) is 3. The van der Waals surface area contributed by atoms with Gasteiger partial charge in [-0.05, 0) is 5.38 Å². The third-order valence-electron chi connectivity index (χ3n) is 0.712. The van der Waals surface area contributed by atoms with E-state index in [2.05, 4.69) is 4.81 Å². The van der Waals surface area contributed by atoms with E-state index in [0.717, 1.165) is 4.78 Å². The fourth-order valence-corrected chi connectivity index (χ4v) is 0.980. The minimum absolute atomic E-state index is 0.910. The van der Waals surface area contributed by atoms with E-state index in [1.165, 1.54) is 18.8 Å². The van der Waals surface area contributed by atoms with E-state index >= 15 is 0 Å². The van der Waals surface area contributed by atoms with E-state index in [4.69, 9.17) is 5.26 Å². The third-order valence-corrected chi connectivity index (χ3v) is 1.51. The molecule has 0 bridgehead atoms. The molecule has 0 aliphatic heterocycles. The maximum absolute atomic E-state index is 7.89. The van der Waals surface area contributed by atoms with Crippen molar-refractivity contribution < 1.29 is 10.1 Å². The molecule has 0 atom stereocenters. The zero-order valence-corrected chi connectivity index (χ0v) is 4.89. The first-order chi connectivity index (χ1) is 3.93. The van der Waals surface area contributed by atoms with E-state index in [-0.39, 0.29) is 0 Å². The van der Waals surface area contributed by atoms with Gasteiger partial charge in [0.05, 0.1) is 0 Å². The largest absolute Gasteiger partial charge is 0.392 e. The van der Waals surface area contributed by atoms with E-state index < -0.39 is 0 Å². The average molecular weight is 127 g/mol. The van der Waals surface area contributed by atoms with E-state index in [0.29, 0.717) is 0 Å². The van der Waals surface area contributed by atoms with Gasteiger partial charge >= 0.3 is 7.48 Å². The Morgan fingerprint density at radius 1 is 1.75 bits per heavy atom. The van der Waals surface area contributed by atoms with Crippen LogP contribution in [0.2, 0.25) is 0 Å². The van der Waals surface area contributed by atoms with Crippen LogP contribution in [0, 0.1) is 0 Å². The first-order valence-corrected chi connectivity index (χ1v) is 2.98. The summed E-state index contributed by atoms with van der Waals surface area (Å²) in [6, 6.07) is 3.73. The summed E-state index contributed by atoms with van der Waals surface area (Å²) in [4.78, 5) is 3.77. The van der Waals surface area contributed by atoms with Crippen LogP contribution in [0.15, 0.2) is 17.5 Å². The van der Waals surface area contributed by atoms with Crippen molar-refractivity contribution in [2.24, 2.45) is 0 Å². The van der Waals surface area contributed by atoms with Gasteiger partial charge < -0.3 is 4.81 Å². The van der Waals surface area contributed by atoms with Crippen molar-refractivity contribution in [1.29, 1.82) is 0 Å². The quantitative estimate of drug-likeness (QED) is 0.355. The molecule has 0 aromatic carbocycles. The van der Waals surface area contributed by atoms with Gasteiger partial charge in [0.1, 0.15) is 0 Å². The van der Waals surface area contributed by atoms with Crippen LogP contribution in [0.25, 0.3) is 0 Å². The summed E-state index contributed by atoms with van der Waals surface area (Å²) in [7, 11) is 1.28. The van der Waals surface area contributed by atoms with Crippen LogP contribution >= 0.6 is 11.3 Å². The molecule has 0 saturated carbocycles. The zero-order chi connectivity index (χ0) is 5.82. The van der Waals surface area contributed by atoms with Crippen molar-refractivity contribution in [3.05, 3.63) is 17.5 Å². The highest BCUT2D eigenvalue weighted by Crippen LogP contribution is 1.90. The molecule has 0 spiro atoms. The van der Waals surface area contributed by atoms with E-state index in [1.54, 1.807) is 0 Å². The Bertz CT molecular complexity index is 140. The van der Waals surface area contributed by atoms with Gasteiger partial charge in [0.15, 0.2) is 0 Å². The smallest absolute Gasteiger partial charge is 0.306 e. The lowest BCUT2D eigenvalue weighted by molar-refractivity contribution is -0.135. The minimum Gasteiger partial charge on any atom is -0.306 e. The molecule has 1 aromatic heterocycles. The molecular formula is C4H4BO2S. The summed E-state index contributed by atoms with van der Waals surface area (Å²) < 4.78 is 0.910. The minimum atomic E-state index is 0.910. The Hall–Kier alpha value is -0.315. The van der Waals surface area contributed by atoms with Crippen molar-refractivity contribution in [3.63, 3.8) is 0 Å². The van der Waals surface area contributed by atoms with Gasteiger partial charge in [-0.1, -0.05) is 12.1 Å². The molecule has 2 nitrogen and oxygen atoms in total. The highest BCUT2D eigenvalue weighted by molar-refractivity contribution is 7.19. The van der Waals surface area contributed by atoms with Crippen molar-refractivity contribution in [2.45, 2.75) is 0 Å². The van der Waals surface area contributed by atoms with Gasteiger partial charge in [0, 0.05) is 4.78 Å². The molecule has 41 valence electrons. The number of hydrogen-bond donors (Lipinski definition) is 1. The molecule has 0 saturated heterocycles. The molecule has 1 rings (SSSR count). The van der Waals surface area contributed by atoms with Crippen LogP contribution in [-0.2, 0) is 4.81 Å². The Morgan fingerprint density at radius 3 is 3.12 bits per heavy atom. The van der Waals surface area contributed by atoms with Gasteiger partial charge in [0.2, 0.25) is 0 Å². The Balaban J connectivity index is 2.50. The lowest BCUT2D eigenvalue weighted by atomic mass is 10.0. The first kappa shape index (κ1) is 5.82. The summed E-state index contributed by atoms with van der Waals surface area (Å²) in [5.74, 6) is 0. The Labute approximate surface area is 51.9 Å². The molecule has 0 amide bonds. The molecule has 1 heterocycles. The highest BCUT2D eigenvalue weighted by Gasteiger charge is 1.94. The number of thiophene rings is 1. The lowest BCUT2D eigenvalue weighted by Gasteiger charge is -1.83. The van der Waals surface area contributed by atoms with Crippen LogP contribution in [0.1, 0.15) is 0 Å². The van der Waals surface area contributed by atoms with Gasteiger partial charge in [-0.25, -0.2) is 0 Å². The van der Waals surface area contributed by atoms with Crippen molar-refractivity contribution in [1.82, 2.24) is 0 Å². The van der Waals surface area contributed by atoms with Gasteiger partial charge in [-0.2, -0.15) is 11.3 Å². The fraction of sp³-hybridized carbons (Fsp3) is 0. The molecule has 1 aromatic rings. The molecule has 4 heteroatoms. The van der Waals surface area contributed by atoms with Crippen molar-refractivity contribution in [3.8, 4) is 0 Å². The standard InChI is InChI=1S/C4H4BO2S/c6-7-5-4-2-1-3-8-4/h1-3,6H. The van der Waals surface area contributed by atoms with Gasteiger partial charge in [-0.3, -0.25) is 5.26 Å². The topological polar surface area (TPSA) is 29.5 Å². The predicted octanol–water partition coefficient (Wildman–Crippen LogP) is 0.482. The van der Waals surface area contributed by atoms with Crippen LogP contribution < -0.4 is 4.78 Å². The molecular weight excluding hydrogens is 123 g/mol. The zero-order valence-electron chi connectivity index (χ0n) is 4.07. The molecule has 1 radical (unpaired) electrons. The van der Waals surface area contributed by atoms with Crippen LogP contribution in [0.4, 0.5) is 0 Å². The normalized spacial score (nSPS) is 9.12. The second-order valence-electron chi connectivity index (χ2n) is 1.24. The van der Waals surface area contributed by atoms with E-state index in [1.807, 2.05) is 17.5 Å². The van der Waals surface area contributed by atoms with Gasteiger partial charge in [0.25, 0.3) is 0 Å². The second-order valence-corrected chi connectivity index (χ2v) is 2.22. The molecule has 0 unspecified atom stereocenters. The molecule has 0 aliphatic carbocycles. The molecule has 1 N–H and O–H groups in total. The maximum Gasteiger partial charge on any atom is 0.392 e. The fourth-order valence-electron chi connectivity index (χ4n) is 0.410. The summed E-state index contributed by atoms with van der Waals surface area (Å²) in [6.45, 7) is 0. The van der Waals surface area contributed by atoms with E-state index in [9.17, 15) is 0 Å². The SMILES string of the molecule is OO[B]c1cccs1. The average Bonchev–Trinajstić information content (AvgIpc) is 2.19. The van der Waals surface area contributed by atoms with Gasteiger partial charge in [-0.15, -0.1) is 0 Å². The van der Waals surface area contributed by atoms with Crippen LogP contribution in [-0.4, -0.2) is 12.7 Å². The van der Waals surface area contributed by atoms with Crippen LogP contribution in [0.3, 0.4) is 0 Å². The Kier molecular flexibility index (Phi) is 2.08. The molecule has 0 fully saturated rings. The van der Waals surface area contributed by atoms with Crippen LogP contribution in [0.5, 0.6) is 0 Å². The monoisotopic (exact) mass is 127 g/mol. The summed E-state index contributed by atoms with van der Waals surface area (Å²) >= 11 is 1.51. The lowest BCUT2D eigenvalue weighted by Crippen LogP contribution is -2.10. The highest BCUT2D eigenvalue weighted by atomic mass is 32.1.